The van der Waals surface area contributed by atoms with Crippen LogP contribution in [0.1, 0.15) is 29.6 Å². The third kappa shape index (κ3) is 2.61. The van der Waals surface area contributed by atoms with E-state index in [0.29, 0.717) is 5.69 Å². The van der Waals surface area contributed by atoms with Crippen LogP contribution in [0, 0.1) is 5.82 Å². The average Bonchev–Trinajstić information content (AvgIpc) is 2.76. The van der Waals surface area contributed by atoms with Crippen LogP contribution in [-0.2, 0) is 4.74 Å². The van der Waals surface area contributed by atoms with E-state index in [9.17, 15) is 9.18 Å². The van der Waals surface area contributed by atoms with Crippen molar-refractivity contribution in [2.75, 3.05) is 12.8 Å². The van der Waals surface area contributed by atoms with Gasteiger partial charge in [-0.15, -0.1) is 0 Å². The zero-order chi connectivity index (χ0) is 13.1. The standard InChI is InChI=1S/C13H17FN2O2/c1-18-12-4-2-3-11(12)16-13(17)9-6-5-8(15)7-10(9)14/h5-7,11-12H,2-4,15H2,1H3,(H,16,17). The summed E-state index contributed by atoms with van der Waals surface area (Å²) in [4.78, 5) is 11.9. The molecule has 0 bridgehead atoms. The molecule has 1 fully saturated rings. The average molecular weight is 252 g/mol. The third-order valence-corrected chi connectivity index (χ3v) is 3.31. The van der Waals surface area contributed by atoms with Gasteiger partial charge < -0.3 is 15.8 Å². The van der Waals surface area contributed by atoms with Crippen molar-refractivity contribution in [3.05, 3.63) is 29.6 Å². The van der Waals surface area contributed by atoms with E-state index in [1.807, 2.05) is 0 Å². The predicted molar refractivity (Wildman–Crippen MR) is 66.7 cm³/mol. The van der Waals surface area contributed by atoms with Crippen LogP contribution in [0.25, 0.3) is 0 Å². The maximum absolute atomic E-state index is 13.6. The van der Waals surface area contributed by atoms with E-state index in [2.05, 4.69) is 5.32 Å². The van der Waals surface area contributed by atoms with Crippen molar-refractivity contribution in [3.63, 3.8) is 0 Å². The molecule has 0 aliphatic heterocycles. The monoisotopic (exact) mass is 252 g/mol. The third-order valence-electron chi connectivity index (χ3n) is 3.31. The highest BCUT2D eigenvalue weighted by Gasteiger charge is 2.29. The Kier molecular flexibility index (Phi) is 3.81. The minimum atomic E-state index is -0.598. The minimum Gasteiger partial charge on any atom is -0.399 e. The van der Waals surface area contributed by atoms with Crippen LogP contribution in [-0.4, -0.2) is 25.2 Å². The summed E-state index contributed by atoms with van der Waals surface area (Å²) in [5, 5.41) is 2.81. The van der Waals surface area contributed by atoms with E-state index in [0.717, 1.165) is 25.3 Å². The molecular formula is C13H17FN2O2. The molecular weight excluding hydrogens is 235 g/mol. The molecule has 5 heteroatoms. The zero-order valence-electron chi connectivity index (χ0n) is 10.3. The maximum Gasteiger partial charge on any atom is 0.254 e. The van der Waals surface area contributed by atoms with Gasteiger partial charge in [0.15, 0.2) is 0 Å². The van der Waals surface area contributed by atoms with Gasteiger partial charge >= 0.3 is 0 Å². The Morgan fingerprint density at radius 2 is 2.28 bits per heavy atom. The second-order valence-corrected chi connectivity index (χ2v) is 4.52. The number of nitrogen functional groups attached to an aromatic ring is 1. The fourth-order valence-electron chi connectivity index (χ4n) is 2.33. The molecule has 3 N–H and O–H groups in total. The van der Waals surface area contributed by atoms with Gasteiger partial charge in [-0.2, -0.15) is 0 Å². The van der Waals surface area contributed by atoms with Gasteiger partial charge in [-0.1, -0.05) is 0 Å². The molecule has 2 rings (SSSR count). The van der Waals surface area contributed by atoms with Crippen molar-refractivity contribution >= 4 is 11.6 Å². The van der Waals surface area contributed by atoms with Gasteiger partial charge in [-0.3, -0.25) is 4.79 Å². The van der Waals surface area contributed by atoms with E-state index in [-0.39, 0.29) is 17.7 Å². The van der Waals surface area contributed by atoms with Gasteiger partial charge in [0.05, 0.1) is 17.7 Å². The second kappa shape index (κ2) is 5.35. The largest absolute Gasteiger partial charge is 0.399 e. The number of benzene rings is 1. The van der Waals surface area contributed by atoms with E-state index in [1.54, 1.807) is 7.11 Å². The van der Waals surface area contributed by atoms with E-state index < -0.39 is 11.7 Å². The first-order valence-corrected chi connectivity index (χ1v) is 6.00. The minimum absolute atomic E-state index is 0.0193. The molecule has 18 heavy (non-hydrogen) atoms. The molecule has 1 aromatic carbocycles. The number of carbonyl (C=O) groups excluding carboxylic acids is 1. The topological polar surface area (TPSA) is 64.3 Å². The molecule has 1 aliphatic rings. The van der Waals surface area contributed by atoms with Gasteiger partial charge in [0.25, 0.3) is 5.91 Å². The Labute approximate surface area is 105 Å². The van der Waals surface area contributed by atoms with Crippen molar-refractivity contribution in [3.8, 4) is 0 Å². The number of halogens is 1. The zero-order valence-corrected chi connectivity index (χ0v) is 10.3. The summed E-state index contributed by atoms with van der Waals surface area (Å²) >= 11 is 0. The number of nitrogens with one attached hydrogen (secondary N) is 1. The van der Waals surface area contributed by atoms with Gasteiger partial charge in [0.2, 0.25) is 0 Å². The number of rotatable bonds is 3. The summed E-state index contributed by atoms with van der Waals surface area (Å²) in [6, 6.07) is 4.02. The van der Waals surface area contributed by atoms with Crippen molar-refractivity contribution < 1.29 is 13.9 Å². The highest BCUT2D eigenvalue weighted by atomic mass is 19.1. The molecule has 1 aromatic rings. The van der Waals surface area contributed by atoms with E-state index >= 15 is 0 Å². The molecule has 0 aromatic heterocycles. The Bertz CT molecular complexity index is 451. The molecule has 2 atom stereocenters. The Morgan fingerprint density at radius 3 is 2.94 bits per heavy atom. The summed E-state index contributed by atoms with van der Waals surface area (Å²) in [6.45, 7) is 0. The van der Waals surface area contributed by atoms with Crippen molar-refractivity contribution in [1.29, 1.82) is 0 Å². The number of hydrogen-bond donors (Lipinski definition) is 2. The van der Waals surface area contributed by atoms with E-state index in [4.69, 9.17) is 10.5 Å². The molecule has 0 saturated heterocycles. The number of ether oxygens (including phenoxy) is 1. The Hall–Kier alpha value is -1.62. The first-order valence-electron chi connectivity index (χ1n) is 6.00. The quantitative estimate of drug-likeness (QED) is 0.805. The Balaban J connectivity index is 2.07. The van der Waals surface area contributed by atoms with Crippen LogP contribution in [0.5, 0.6) is 0 Å². The number of hydrogen-bond acceptors (Lipinski definition) is 3. The van der Waals surface area contributed by atoms with Crippen LogP contribution >= 0.6 is 0 Å². The van der Waals surface area contributed by atoms with Gasteiger partial charge in [0, 0.05) is 12.8 Å². The normalized spacial score (nSPS) is 23.0. The van der Waals surface area contributed by atoms with Crippen molar-refractivity contribution in [2.24, 2.45) is 0 Å². The van der Waals surface area contributed by atoms with Gasteiger partial charge in [-0.25, -0.2) is 4.39 Å². The second-order valence-electron chi connectivity index (χ2n) is 4.52. The predicted octanol–water partition coefficient (Wildman–Crippen LogP) is 1.71. The van der Waals surface area contributed by atoms with Crippen LogP contribution in [0.15, 0.2) is 18.2 Å². The molecule has 98 valence electrons. The fourth-order valence-corrected chi connectivity index (χ4v) is 2.33. The molecule has 1 saturated carbocycles. The maximum atomic E-state index is 13.6. The number of anilines is 1. The first-order chi connectivity index (χ1) is 8.61. The molecule has 1 aliphatic carbocycles. The van der Waals surface area contributed by atoms with Crippen molar-refractivity contribution in [2.45, 2.75) is 31.4 Å². The summed E-state index contributed by atoms with van der Waals surface area (Å²) in [5.74, 6) is -1.01. The molecule has 0 spiro atoms. The lowest BCUT2D eigenvalue weighted by Gasteiger charge is -2.19. The summed E-state index contributed by atoms with van der Waals surface area (Å²) in [7, 11) is 1.62. The van der Waals surface area contributed by atoms with Crippen LogP contribution in [0.2, 0.25) is 0 Å². The van der Waals surface area contributed by atoms with Gasteiger partial charge in [0.1, 0.15) is 5.82 Å². The fraction of sp³-hybridized carbons (Fsp3) is 0.462. The molecule has 2 unspecified atom stereocenters. The summed E-state index contributed by atoms with van der Waals surface area (Å²) < 4.78 is 18.9. The van der Waals surface area contributed by atoms with Crippen LogP contribution in [0.4, 0.5) is 10.1 Å². The lowest BCUT2D eigenvalue weighted by Crippen LogP contribution is -2.41. The van der Waals surface area contributed by atoms with Gasteiger partial charge in [-0.05, 0) is 37.5 Å². The molecule has 0 heterocycles. The Morgan fingerprint density at radius 1 is 1.50 bits per heavy atom. The van der Waals surface area contributed by atoms with Crippen molar-refractivity contribution in [1.82, 2.24) is 5.32 Å². The smallest absolute Gasteiger partial charge is 0.254 e. The first kappa shape index (κ1) is 12.8. The molecule has 4 nitrogen and oxygen atoms in total. The lowest BCUT2D eigenvalue weighted by atomic mass is 10.1. The number of methoxy groups -OCH3 is 1. The van der Waals surface area contributed by atoms with E-state index in [1.165, 1.54) is 12.1 Å². The molecule has 1 amide bonds. The number of carbonyl (C=O) groups is 1. The number of amides is 1. The summed E-state index contributed by atoms with van der Waals surface area (Å²) in [6.07, 6.45) is 2.81. The number of nitrogens with two attached hydrogens (primary N) is 1. The lowest BCUT2D eigenvalue weighted by molar-refractivity contribution is 0.0720. The molecule has 0 radical (unpaired) electrons. The summed E-state index contributed by atoms with van der Waals surface area (Å²) in [5.41, 5.74) is 5.77. The highest BCUT2D eigenvalue weighted by molar-refractivity contribution is 5.95. The van der Waals surface area contributed by atoms with Crippen LogP contribution < -0.4 is 11.1 Å². The van der Waals surface area contributed by atoms with Crippen LogP contribution in [0.3, 0.4) is 0 Å². The SMILES string of the molecule is COC1CCCC1NC(=O)c1ccc(N)cc1F. The highest BCUT2D eigenvalue weighted by Crippen LogP contribution is 2.22.